The summed E-state index contributed by atoms with van der Waals surface area (Å²) in [5.41, 5.74) is -0.747. The normalized spacial score (nSPS) is 15.5. The molecule has 1 amide bonds. The van der Waals surface area contributed by atoms with Crippen molar-refractivity contribution in [3.05, 3.63) is 45.4 Å². The van der Waals surface area contributed by atoms with Crippen molar-refractivity contribution < 1.29 is 22.4 Å². The smallest absolute Gasteiger partial charge is 0.261 e. The van der Waals surface area contributed by atoms with Crippen LogP contribution in [0.1, 0.15) is 27.4 Å². The molecule has 0 radical (unpaired) electrons. The molecule has 0 aromatic carbocycles. The van der Waals surface area contributed by atoms with Gasteiger partial charge in [0.05, 0.1) is 4.88 Å². The molecule has 0 spiro atoms. The van der Waals surface area contributed by atoms with E-state index in [-0.39, 0.29) is 25.0 Å². The standard InChI is InChI=1S/C16H15F4N3OS/c1-8-2-3-10(25-8)16(24)21-9-4-6-23(7-5-9)13-11(17)14(19)22-15(20)12(13)18/h2-3,9H,4-7H2,1H3,(H,21,24). The Balaban J connectivity index is 1.66. The number of thiophene rings is 1. The quantitative estimate of drug-likeness (QED) is 0.663. The molecule has 2 aromatic heterocycles. The van der Waals surface area contributed by atoms with Gasteiger partial charge in [-0.1, -0.05) is 0 Å². The molecule has 1 aliphatic rings. The van der Waals surface area contributed by atoms with E-state index in [1.54, 1.807) is 6.07 Å². The molecule has 0 bridgehead atoms. The van der Waals surface area contributed by atoms with Crippen LogP contribution in [0.3, 0.4) is 0 Å². The third-order valence-corrected chi connectivity index (χ3v) is 5.08. The highest BCUT2D eigenvalue weighted by Crippen LogP contribution is 2.28. The minimum absolute atomic E-state index is 0.158. The van der Waals surface area contributed by atoms with E-state index in [2.05, 4.69) is 10.3 Å². The van der Waals surface area contributed by atoms with Gasteiger partial charge < -0.3 is 10.2 Å². The van der Waals surface area contributed by atoms with E-state index < -0.39 is 29.2 Å². The largest absolute Gasteiger partial charge is 0.366 e. The predicted molar refractivity (Wildman–Crippen MR) is 85.8 cm³/mol. The lowest BCUT2D eigenvalue weighted by molar-refractivity contribution is 0.0935. The Bertz CT molecular complexity index is 777. The Kier molecular flexibility index (Phi) is 4.94. The molecule has 1 fully saturated rings. The second-order valence-corrected chi connectivity index (χ2v) is 7.10. The number of piperidine rings is 1. The van der Waals surface area contributed by atoms with Crippen LogP contribution in [0.5, 0.6) is 0 Å². The van der Waals surface area contributed by atoms with Gasteiger partial charge in [0.15, 0.2) is 0 Å². The Morgan fingerprint density at radius 2 is 1.76 bits per heavy atom. The highest BCUT2D eigenvalue weighted by atomic mass is 32.1. The predicted octanol–water partition coefficient (Wildman–Crippen LogP) is 3.41. The number of halogens is 4. The summed E-state index contributed by atoms with van der Waals surface area (Å²) in [6.07, 6.45) is 0.807. The lowest BCUT2D eigenvalue weighted by atomic mass is 10.0. The van der Waals surface area contributed by atoms with Crippen LogP contribution in [0, 0.1) is 30.5 Å². The van der Waals surface area contributed by atoms with Gasteiger partial charge in [-0.2, -0.15) is 22.5 Å². The van der Waals surface area contributed by atoms with Gasteiger partial charge in [-0.25, -0.2) is 0 Å². The van der Waals surface area contributed by atoms with E-state index in [1.807, 2.05) is 13.0 Å². The maximum absolute atomic E-state index is 13.8. The number of nitrogens with zero attached hydrogens (tertiary/aromatic N) is 2. The number of amides is 1. The van der Waals surface area contributed by atoms with Crippen LogP contribution >= 0.6 is 11.3 Å². The van der Waals surface area contributed by atoms with Gasteiger partial charge in [-0.15, -0.1) is 11.3 Å². The number of aromatic nitrogens is 1. The number of carbonyl (C=O) groups excluding carboxylic acids is 1. The molecule has 0 unspecified atom stereocenters. The topological polar surface area (TPSA) is 45.2 Å². The molecule has 2 aromatic rings. The van der Waals surface area contributed by atoms with Crippen molar-refractivity contribution >= 4 is 22.9 Å². The van der Waals surface area contributed by atoms with Gasteiger partial charge >= 0.3 is 0 Å². The van der Waals surface area contributed by atoms with Crippen LogP contribution in [0.25, 0.3) is 0 Å². The van der Waals surface area contributed by atoms with Gasteiger partial charge in [-0.05, 0) is 31.9 Å². The molecule has 3 rings (SSSR count). The van der Waals surface area contributed by atoms with E-state index in [0.29, 0.717) is 17.7 Å². The van der Waals surface area contributed by atoms with Crippen molar-refractivity contribution in [1.29, 1.82) is 0 Å². The fourth-order valence-corrected chi connectivity index (χ4v) is 3.58. The lowest BCUT2D eigenvalue weighted by Crippen LogP contribution is -2.45. The van der Waals surface area contributed by atoms with Crippen molar-refractivity contribution in [2.75, 3.05) is 18.0 Å². The summed E-state index contributed by atoms with van der Waals surface area (Å²) in [7, 11) is 0. The first-order valence-corrected chi connectivity index (χ1v) is 8.50. The van der Waals surface area contributed by atoms with Crippen molar-refractivity contribution in [3.63, 3.8) is 0 Å². The van der Waals surface area contributed by atoms with Gasteiger partial charge in [-0.3, -0.25) is 4.79 Å². The van der Waals surface area contributed by atoms with Crippen LogP contribution in [0.15, 0.2) is 12.1 Å². The van der Waals surface area contributed by atoms with E-state index in [0.717, 1.165) is 4.88 Å². The highest BCUT2D eigenvalue weighted by Gasteiger charge is 2.29. The molecule has 1 N–H and O–H groups in total. The number of carbonyl (C=O) groups is 1. The maximum atomic E-state index is 13.8. The highest BCUT2D eigenvalue weighted by molar-refractivity contribution is 7.13. The van der Waals surface area contributed by atoms with Crippen molar-refractivity contribution in [3.8, 4) is 0 Å². The molecular formula is C16H15F4N3OS. The molecule has 1 saturated heterocycles. The summed E-state index contributed by atoms with van der Waals surface area (Å²) in [6, 6.07) is 3.41. The first-order valence-electron chi connectivity index (χ1n) is 7.69. The molecule has 3 heterocycles. The number of rotatable bonds is 3. The average Bonchev–Trinajstić information content (AvgIpc) is 3.01. The number of nitrogens with one attached hydrogen (secondary N) is 1. The van der Waals surface area contributed by atoms with Crippen molar-refractivity contribution in [1.82, 2.24) is 10.3 Å². The van der Waals surface area contributed by atoms with Gasteiger partial charge in [0.2, 0.25) is 11.6 Å². The summed E-state index contributed by atoms with van der Waals surface area (Å²) >= 11 is 1.38. The number of hydrogen-bond acceptors (Lipinski definition) is 4. The summed E-state index contributed by atoms with van der Waals surface area (Å²) < 4.78 is 54.1. The van der Waals surface area contributed by atoms with Crippen LogP contribution in [0.2, 0.25) is 0 Å². The first-order chi connectivity index (χ1) is 11.9. The van der Waals surface area contributed by atoms with E-state index >= 15 is 0 Å². The summed E-state index contributed by atoms with van der Waals surface area (Å²) in [4.78, 5) is 17.5. The molecule has 0 saturated carbocycles. The summed E-state index contributed by atoms with van der Waals surface area (Å²) in [6.45, 7) is 2.21. The van der Waals surface area contributed by atoms with Crippen LogP contribution in [-0.4, -0.2) is 30.0 Å². The molecule has 1 aliphatic heterocycles. The maximum Gasteiger partial charge on any atom is 0.261 e. The second kappa shape index (κ2) is 6.99. The molecule has 0 aliphatic carbocycles. The van der Waals surface area contributed by atoms with Gasteiger partial charge in [0, 0.05) is 24.0 Å². The van der Waals surface area contributed by atoms with Crippen molar-refractivity contribution in [2.24, 2.45) is 0 Å². The van der Waals surface area contributed by atoms with Gasteiger partial charge in [0.25, 0.3) is 17.8 Å². The third-order valence-electron chi connectivity index (χ3n) is 4.08. The van der Waals surface area contributed by atoms with Crippen LogP contribution in [0.4, 0.5) is 23.2 Å². The first kappa shape index (κ1) is 17.7. The zero-order valence-corrected chi connectivity index (χ0v) is 14.1. The summed E-state index contributed by atoms with van der Waals surface area (Å²) in [5, 5.41) is 2.87. The third kappa shape index (κ3) is 3.60. The minimum Gasteiger partial charge on any atom is -0.366 e. The number of anilines is 1. The number of aryl methyl sites for hydroxylation is 1. The zero-order valence-electron chi connectivity index (χ0n) is 13.3. The number of pyridine rings is 1. The monoisotopic (exact) mass is 373 g/mol. The zero-order chi connectivity index (χ0) is 18.1. The molecule has 4 nitrogen and oxygen atoms in total. The van der Waals surface area contributed by atoms with Crippen LogP contribution < -0.4 is 10.2 Å². The van der Waals surface area contributed by atoms with Crippen LogP contribution in [-0.2, 0) is 0 Å². The molecule has 9 heteroatoms. The Hall–Kier alpha value is -2.16. The molecule has 25 heavy (non-hydrogen) atoms. The molecule has 0 atom stereocenters. The Morgan fingerprint density at radius 3 is 2.28 bits per heavy atom. The van der Waals surface area contributed by atoms with E-state index in [1.165, 1.54) is 16.2 Å². The van der Waals surface area contributed by atoms with E-state index in [9.17, 15) is 22.4 Å². The minimum atomic E-state index is -1.67. The summed E-state index contributed by atoms with van der Waals surface area (Å²) in [5.74, 6) is -6.55. The fourth-order valence-electron chi connectivity index (χ4n) is 2.81. The Labute approximate surface area is 145 Å². The van der Waals surface area contributed by atoms with Crippen molar-refractivity contribution in [2.45, 2.75) is 25.8 Å². The number of hydrogen-bond donors (Lipinski definition) is 1. The van der Waals surface area contributed by atoms with Gasteiger partial charge in [0.1, 0.15) is 5.69 Å². The Morgan fingerprint density at radius 1 is 1.16 bits per heavy atom. The molecular weight excluding hydrogens is 358 g/mol. The SMILES string of the molecule is Cc1ccc(C(=O)NC2CCN(c3c(F)c(F)nc(F)c3F)CC2)s1. The second-order valence-electron chi connectivity index (χ2n) is 5.82. The fraction of sp³-hybridized carbons (Fsp3) is 0.375. The average molecular weight is 373 g/mol. The van der Waals surface area contributed by atoms with E-state index in [4.69, 9.17) is 0 Å². The lowest BCUT2D eigenvalue weighted by Gasteiger charge is -2.34. The molecule has 134 valence electrons.